The SMILES string of the molecule is Cc1sc2nnn(CC3CCC4(CNC4)CO3)c(=O)c2c1C.O=C(O)C(F)(F)F. The van der Waals surface area contributed by atoms with Gasteiger partial charge in [-0.05, 0) is 32.3 Å². The average Bonchev–Trinajstić information content (AvgIpc) is 2.91. The number of hydrogen-bond acceptors (Lipinski definition) is 7. The van der Waals surface area contributed by atoms with E-state index in [2.05, 4.69) is 15.6 Å². The van der Waals surface area contributed by atoms with Crippen LogP contribution in [0.25, 0.3) is 10.2 Å². The predicted molar refractivity (Wildman–Crippen MR) is 99.1 cm³/mol. The zero-order valence-corrected chi connectivity index (χ0v) is 16.7. The summed E-state index contributed by atoms with van der Waals surface area (Å²) in [5, 5.41) is 19.5. The summed E-state index contributed by atoms with van der Waals surface area (Å²) in [4.78, 5) is 23.4. The molecule has 0 saturated carbocycles. The van der Waals surface area contributed by atoms with Gasteiger partial charge in [0.25, 0.3) is 5.56 Å². The van der Waals surface area contributed by atoms with Gasteiger partial charge in [0, 0.05) is 23.4 Å². The number of nitrogens with one attached hydrogen (secondary N) is 1. The lowest BCUT2D eigenvalue weighted by molar-refractivity contribution is -0.192. The van der Waals surface area contributed by atoms with Crippen LogP contribution < -0.4 is 10.9 Å². The fraction of sp³-hybridized carbons (Fsp3) is 0.647. The number of hydrogen-bond donors (Lipinski definition) is 2. The van der Waals surface area contributed by atoms with E-state index < -0.39 is 12.1 Å². The lowest BCUT2D eigenvalue weighted by Gasteiger charge is -2.47. The van der Waals surface area contributed by atoms with Crippen LogP contribution >= 0.6 is 11.3 Å². The van der Waals surface area contributed by atoms with Crippen LogP contribution in [0.15, 0.2) is 4.79 Å². The highest BCUT2D eigenvalue weighted by atomic mass is 32.1. The number of alkyl halides is 3. The molecule has 29 heavy (non-hydrogen) atoms. The topological polar surface area (TPSA) is 106 Å². The summed E-state index contributed by atoms with van der Waals surface area (Å²) >= 11 is 1.53. The second-order valence-corrected chi connectivity index (χ2v) is 8.62. The molecule has 2 aliphatic rings. The van der Waals surface area contributed by atoms with Gasteiger partial charge in [0.05, 0.1) is 24.6 Å². The van der Waals surface area contributed by atoms with Gasteiger partial charge in [0.1, 0.15) is 0 Å². The molecule has 2 aromatic heterocycles. The molecule has 12 heteroatoms. The van der Waals surface area contributed by atoms with Crippen molar-refractivity contribution in [2.75, 3.05) is 19.7 Å². The zero-order chi connectivity index (χ0) is 21.4. The number of carboxylic acid groups (broad SMARTS) is 1. The molecule has 0 amide bonds. The van der Waals surface area contributed by atoms with Crippen LogP contribution in [0.5, 0.6) is 0 Å². The van der Waals surface area contributed by atoms with Crippen LogP contribution in [0.3, 0.4) is 0 Å². The summed E-state index contributed by atoms with van der Waals surface area (Å²) < 4.78 is 39.2. The number of fused-ring (bicyclic) bond motifs is 1. The molecule has 2 aromatic rings. The molecule has 160 valence electrons. The largest absolute Gasteiger partial charge is 0.490 e. The summed E-state index contributed by atoms with van der Waals surface area (Å²) in [5.41, 5.74) is 1.33. The van der Waals surface area contributed by atoms with Gasteiger partial charge in [-0.25, -0.2) is 9.48 Å². The summed E-state index contributed by atoms with van der Waals surface area (Å²) in [6.07, 6.45) is -2.88. The monoisotopic (exact) mass is 434 g/mol. The number of aliphatic carboxylic acids is 1. The minimum absolute atomic E-state index is 0.0407. The fourth-order valence-electron chi connectivity index (χ4n) is 3.33. The lowest BCUT2D eigenvalue weighted by Crippen LogP contribution is -2.58. The Morgan fingerprint density at radius 1 is 1.41 bits per heavy atom. The average molecular weight is 434 g/mol. The molecular formula is C17H21F3N4O4S. The maximum absolute atomic E-state index is 12.6. The third kappa shape index (κ3) is 4.59. The molecule has 0 aliphatic carbocycles. The van der Waals surface area contributed by atoms with Crippen LogP contribution in [-0.4, -0.2) is 58.0 Å². The maximum Gasteiger partial charge on any atom is 0.490 e. The number of aromatic nitrogens is 3. The number of rotatable bonds is 2. The third-order valence-corrected chi connectivity index (χ3v) is 6.39. The smallest absolute Gasteiger partial charge is 0.475 e. The number of halogens is 3. The summed E-state index contributed by atoms with van der Waals surface area (Å²) in [7, 11) is 0. The Hall–Kier alpha value is -2.05. The highest BCUT2D eigenvalue weighted by Gasteiger charge is 2.41. The Kier molecular flexibility index (Phi) is 5.97. The van der Waals surface area contributed by atoms with Crippen LogP contribution in [0.4, 0.5) is 13.2 Å². The van der Waals surface area contributed by atoms with E-state index in [0.29, 0.717) is 17.3 Å². The van der Waals surface area contributed by atoms with Crippen LogP contribution in [-0.2, 0) is 16.1 Å². The fourth-order valence-corrected chi connectivity index (χ4v) is 4.29. The summed E-state index contributed by atoms with van der Waals surface area (Å²) in [6.45, 7) is 7.39. The first-order valence-corrected chi connectivity index (χ1v) is 9.80. The molecule has 2 aliphatic heterocycles. The normalized spacial score (nSPS) is 20.8. The number of aryl methyl sites for hydroxylation is 2. The third-order valence-electron chi connectivity index (χ3n) is 5.30. The Morgan fingerprint density at radius 3 is 2.55 bits per heavy atom. The van der Waals surface area contributed by atoms with Gasteiger partial charge in [-0.1, -0.05) is 5.21 Å². The predicted octanol–water partition coefficient (Wildman–Crippen LogP) is 1.87. The minimum atomic E-state index is -5.08. The molecular weight excluding hydrogens is 413 g/mol. The Bertz CT molecular complexity index is 958. The number of carbonyl (C=O) groups is 1. The minimum Gasteiger partial charge on any atom is -0.475 e. The van der Waals surface area contributed by atoms with Crippen LogP contribution in [0.1, 0.15) is 23.3 Å². The van der Waals surface area contributed by atoms with E-state index in [0.717, 1.165) is 47.8 Å². The van der Waals surface area contributed by atoms with Crippen molar-refractivity contribution in [3.8, 4) is 0 Å². The molecule has 1 spiro atoms. The lowest BCUT2D eigenvalue weighted by atomic mass is 9.76. The Labute approximate surface area is 167 Å². The van der Waals surface area contributed by atoms with Gasteiger partial charge in [-0.2, -0.15) is 13.2 Å². The van der Waals surface area contributed by atoms with E-state index in [1.165, 1.54) is 16.0 Å². The first-order chi connectivity index (χ1) is 13.5. The summed E-state index contributed by atoms with van der Waals surface area (Å²) in [6, 6.07) is 0. The summed E-state index contributed by atoms with van der Waals surface area (Å²) in [5.74, 6) is -2.76. The molecule has 0 aromatic carbocycles. The van der Waals surface area contributed by atoms with Gasteiger partial charge >= 0.3 is 12.1 Å². The number of ether oxygens (including phenoxy) is 1. The molecule has 1 unspecified atom stereocenters. The van der Waals surface area contributed by atoms with E-state index >= 15 is 0 Å². The van der Waals surface area contributed by atoms with Gasteiger partial charge in [-0.3, -0.25) is 4.79 Å². The van der Waals surface area contributed by atoms with Crippen molar-refractivity contribution in [3.05, 3.63) is 20.8 Å². The van der Waals surface area contributed by atoms with Crippen LogP contribution in [0, 0.1) is 19.3 Å². The maximum atomic E-state index is 12.6. The number of carboxylic acids is 1. The second-order valence-electron chi connectivity index (χ2n) is 7.42. The quantitative estimate of drug-likeness (QED) is 0.743. The van der Waals surface area contributed by atoms with Gasteiger partial charge in [0.15, 0.2) is 4.83 Å². The molecule has 1 atom stereocenters. The van der Waals surface area contributed by atoms with Gasteiger partial charge < -0.3 is 15.2 Å². The van der Waals surface area contributed by atoms with Crippen molar-refractivity contribution in [2.24, 2.45) is 5.41 Å². The standard InChI is InChI=1S/C15H20N4O2S.C2HF3O2/c1-9-10(2)22-13-12(9)14(20)19(18-17-13)5-11-3-4-15(8-21-11)6-16-7-15;3-2(4,5)1(6)7/h11,16H,3-8H2,1-2H3;(H,6,7). The van der Waals surface area contributed by atoms with Gasteiger partial charge in [-0.15, -0.1) is 16.4 Å². The van der Waals surface area contributed by atoms with Crippen molar-refractivity contribution in [3.63, 3.8) is 0 Å². The molecule has 8 nitrogen and oxygen atoms in total. The molecule has 4 heterocycles. The second kappa shape index (κ2) is 8.00. The van der Waals surface area contributed by atoms with Crippen molar-refractivity contribution in [1.82, 2.24) is 20.3 Å². The van der Waals surface area contributed by atoms with Gasteiger partial charge in [0.2, 0.25) is 0 Å². The number of thiophene rings is 1. The van der Waals surface area contributed by atoms with E-state index in [9.17, 15) is 18.0 Å². The highest BCUT2D eigenvalue weighted by molar-refractivity contribution is 7.18. The molecule has 0 radical (unpaired) electrons. The Morgan fingerprint density at radius 2 is 2.07 bits per heavy atom. The molecule has 4 rings (SSSR count). The Balaban J connectivity index is 0.000000298. The van der Waals surface area contributed by atoms with Crippen molar-refractivity contribution >= 4 is 27.5 Å². The number of nitrogens with zero attached hydrogens (tertiary/aromatic N) is 3. The first-order valence-electron chi connectivity index (χ1n) is 8.98. The molecule has 2 fully saturated rings. The van der Waals surface area contributed by atoms with E-state index in [1.54, 1.807) is 0 Å². The molecule has 0 bridgehead atoms. The van der Waals surface area contributed by atoms with E-state index in [1.807, 2.05) is 13.8 Å². The molecule has 2 N–H and O–H groups in total. The van der Waals surface area contributed by atoms with Crippen LogP contribution in [0.2, 0.25) is 0 Å². The molecule has 2 saturated heterocycles. The van der Waals surface area contributed by atoms with Crippen molar-refractivity contribution in [2.45, 2.75) is 45.5 Å². The zero-order valence-electron chi connectivity index (χ0n) is 15.9. The first kappa shape index (κ1) is 21.7. The van der Waals surface area contributed by atoms with E-state index in [-0.39, 0.29) is 11.7 Å². The van der Waals surface area contributed by atoms with Crippen molar-refractivity contribution in [1.29, 1.82) is 0 Å². The van der Waals surface area contributed by atoms with Crippen molar-refractivity contribution < 1.29 is 27.8 Å². The van der Waals surface area contributed by atoms with E-state index in [4.69, 9.17) is 14.6 Å². The highest BCUT2D eigenvalue weighted by Crippen LogP contribution is 2.34.